The predicted octanol–water partition coefficient (Wildman–Crippen LogP) is 1.14. The Labute approximate surface area is 122 Å². The molecule has 2 N–H and O–H groups in total. The molecule has 9 heteroatoms. The first kappa shape index (κ1) is 12.7. The Kier molecular flexibility index (Phi) is 2.62. The van der Waals surface area contributed by atoms with Gasteiger partial charge < -0.3 is 5.73 Å². The zero-order chi connectivity index (χ0) is 15.3. The summed E-state index contributed by atoms with van der Waals surface area (Å²) < 4.78 is 24.1. The van der Waals surface area contributed by atoms with Crippen molar-refractivity contribution in [2.75, 3.05) is 5.73 Å². The van der Waals surface area contributed by atoms with Crippen LogP contribution >= 0.6 is 0 Å². The summed E-state index contributed by atoms with van der Waals surface area (Å²) in [6.45, 7) is 0. The second-order valence-corrected chi connectivity index (χ2v) is 5.04. The maximum atomic E-state index is 13.5. The van der Waals surface area contributed by atoms with Crippen molar-refractivity contribution in [1.82, 2.24) is 20.0 Å². The normalized spacial score (nSPS) is 16.9. The molecular formula is C13H10FN5O3. The Balaban J connectivity index is 1.90. The number of aryl methyl sites for hydroxylation is 1. The quantitative estimate of drug-likeness (QED) is 0.755. The summed E-state index contributed by atoms with van der Waals surface area (Å²) in [5.41, 5.74) is 7.47. The predicted molar refractivity (Wildman–Crippen MR) is 71.3 cm³/mol. The third kappa shape index (κ3) is 1.75. The smallest absolute Gasteiger partial charge is 0.379 e. The van der Waals surface area contributed by atoms with Gasteiger partial charge in [-0.25, -0.2) is 18.4 Å². The second-order valence-electron chi connectivity index (χ2n) is 5.04. The number of rotatable bonds is 2. The first-order valence-electron chi connectivity index (χ1n) is 6.60. The van der Waals surface area contributed by atoms with Crippen LogP contribution in [-0.2, 0) is 6.42 Å². The fourth-order valence-electron chi connectivity index (χ4n) is 2.86. The van der Waals surface area contributed by atoms with E-state index < -0.39 is 11.8 Å². The summed E-state index contributed by atoms with van der Waals surface area (Å²) in [4.78, 5) is 12.0. The molecule has 1 atom stereocenters. The molecule has 0 spiro atoms. The summed E-state index contributed by atoms with van der Waals surface area (Å²) in [5, 5.41) is 10.8. The highest BCUT2D eigenvalue weighted by molar-refractivity contribution is 5.62. The molecule has 1 aromatic carbocycles. The van der Waals surface area contributed by atoms with Gasteiger partial charge in [0.2, 0.25) is 5.82 Å². The number of hydrogen-bond acceptors (Lipinski definition) is 7. The van der Waals surface area contributed by atoms with E-state index in [1.807, 2.05) is 0 Å². The first-order chi connectivity index (χ1) is 10.6. The largest absolute Gasteiger partial charge is 0.442 e. The number of benzene rings is 1. The molecule has 3 aromatic rings. The number of halogens is 1. The second kappa shape index (κ2) is 4.52. The SMILES string of the molecule is Nc1nonc1-c1noc(=O)n1C1CCc2ccc(F)cc21. The summed E-state index contributed by atoms with van der Waals surface area (Å²) in [5.74, 6) is -0.913. The van der Waals surface area contributed by atoms with Crippen LogP contribution in [0.25, 0.3) is 11.5 Å². The van der Waals surface area contributed by atoms with Gasteiger partial charge in [-0.1, -0.05) is 11.2 Å². The van der Waals surface area contributed by atoms with E-state index in [2.05, 4.69) is 20.1 Å². The van der Waals surface area contributed by atoms with Crippen LogP contribution in [0.2, 0.25) is 0 Å². The van der Waals surface area contributed by atoms with Crippen molar-refractivity contribution in [3.05, 3.63) is 45.7 Å². The summed E-state index contributed by atoms with van der Waals surface area (Å²) in [7, 11) is 0. The van der Waals surface area contributed by atoms with Gasteiger partial charge >= 0.3 is 5.76 Å². The van der Waals surface area contributed by atoms with Crippen LogP contribution in [0, 0.1) is 5.82 Å². The maximum absolute atomic E-state index is 13.5. The third-order valence-corrected chi connectivity index (χ3v) is 3.83. The van der Waals surface area contributed by atoms with Crippen molar-refractivity contribution >= 4 is 5.82 Å². The van der Waals surface area contributed by atoms with Crippen LogP contribution in [0.1, 0.15) is 23.6 Å². The highest BCUT2D eigenvalue weighted by Gasteiger charge is 2.31. The molecular weight excluding hydrogens is 293 g/mol. The Hall–Kier alpha value is -2.97. The van der Waals surface area contributed by atoms with Crippen molar-refractivity contribution in [1.29, 1.82) is 0 Å². The average molecular weight is 303 g/mol. The van der Waals surface area contributed by atoms with Crippen LogP contribution in [0.5, 0.6) is 0 Å². The molecule has 0 amide bonds. The van der Waals surface area contributed by atoms with E-state index in [-0.39, 0.29) is 23.2 Å². The van der Waals surface area contributed by atoms with Crippen LogP contribution in [-0.4, -0.2) is 20.0 Å². The highest BCUT2D eigenvalue weighted by Crippen LogP contribution is 2.36. The van der Waals surface area contributed by atoms with E-state index in [9.17, 15) is 9.18 Å². The molecule has 0 fully saturated rings. The molecule has 0 radical (unpaired) electrons. The minimum Gasteiger partial charge on any atom is -0.379 e. The Morgan fingerprint density at radius 3 is 2.95 bits per heavy atom. The fraction of sp³-hybridized carbons (Fsp3) is 0.231. The van der Waals surface area contributed by atoms with Crippen molar-refractivity contribution in [3.8, 4) is 11.5 Å². The zero-order valence-corrected chi connectivity index (χ0v) is 11.2. The highest BCUT2D eigenvalue weighted by atomic mass is 19.1. The van der Waals surface area contributed by atoms with E-state index in [4.69, 9.17) is 10.3 Å². The standard InChI is InChI=1S/C13H10FN5O3/c14-7-3-1-6-2-4-9(8(6)5-7)19-12(18-21-13(19)20)10-11(15)17-22-16-10/h1,3,5,9H,2,4H2,(H2,15,17). The van der Waals surface area contributed by atoms with Crippen molar-refractivity contribution in [2.24, 2.45) is 0 Å². The van der Waals surface area contributed by atoms with E-state index in [0.717, 1.165) is 17.5 Å². The number of nitrogens with zero attached hydrogens (tertiary/aromatic N) is 4. The van der Waals surface area contributed by atoms with Gasteiger partial charge in [0.05, 0.1) is 6.04 Å². The van der Waals surface area contributed by atoms with Crippen LogP contribution in [0.3, 0.4) is 0 Å². The number of fused-ring (bicyclic) bond motifs is 1. The molecule has 22 heavy (non-hydrogen) atoms. The Morgan fingerprint density at radius 2 is 2.18 bits per heavy atom. The fourth-order valence-corrected chi connectivity index (χ4v) is 2.86. The van der Waals surface area contributed by atoms with Crippen LogP contribution < -0.4 is 11.5 Å². The number of aromatic nitrogens is 4. The van der Waals surface area contributed by atoms with E-state index in [1.54, 1.807) is 6.07 Å². The average Bonchev–Trinajstić information content (AvgIpc) is 3.17. The first-order valence-corrected chi connectivity index (χ1v) is 6.60. The van der Waals surface area contributed by atoms with Gasteiger partial charge in [0.25, 0.3) is 0 Å². The van der Waals surface area contributed by atoms with Gasteiger partial charge in [-0.3, -0.25) is 4.52 Å². The Bertz CT molecular complexity index is 913. The Morgan fingerprint density at radius 1 is 1.32 bits per heavy atom. The number of nitrogens with two attached hydrogens (primary N) is 1. The lowest BCUT2D eigenvalue weighted by Gasteiger charge is -2.13. The minimum absolute atomic E-state index is 0.000451. The molecule has 2 aromatic heterocycles. The molecule has 1 aliphatic rings. The van der Waals surface area contributed by atoms with Crippen molar-refractivity contribution in [2.45, 2.75) is 18.9 Å². The molecule has 1 aliphatic carbocycles. The van der Waals surface area contributed by atoms with Gasteiger partial charge in [-0.15, -0.1) is 0 Å². The minimum atomic E-state index is -0.667. The maximum Gasteiger partial charge on any atom is 0.442 e. The number of hydrogen-bond donors (Lipinski definition) is 1. The van der Waals surface area contributed by atoms with Crippen molar-refractivity contribution in [3.63, 3.8) is 0 Å². The van der Waals surface area contributed by atoms with E-state index in [1.165, 1.54) is 16.7 Å². The topological polar surface area (TPSA) is 113 Å². The summed E-state index contributed by atoms with van der Waals surface area (Å²) >= 11 is 0. The van der Waals surface area contributed by atoms with Gasteiger partial charge in [-0.2, -0.15) is 0 Å². The number of anilines is 1. The lowest BCUT2D eigenvalue weighted by atomic mass is 10.1. The zero-order valence-electron chi connectivity index (χ0n) is 11.2. The van der Waals surface area contributed by atoms with E-state index >= 15 is 0 Å². The molecule has 1 unspecified atom stereocenters. The molecule has 0 aliphatic heterocycles. The third-order valence-electron chi connectivity index (χ3n) is 3.83. The van der Waals surface area contributed by atoms with Crippen molar-refractivity contribution < 1.29 is 13.5 Å². The lowest BCUT2D eigenvalue weighted by Crippen LogP contribution is -2.21. The molecule has 8 nitrogen and oxygen atoms in total. The van der Waals surface area contributed by atoms with Crippen LogP contribution in [0.4, 0.5) is 10.2 Å². The monoisotopic (exact) mass is 303 g/mol. The molecule has 2 heterocycles. The summed E-state index contributed by atoms with van der Waals surface area (Å²) in [6, 6.07) is 4.14. The number of nitrogen functional groups attached to an aromatic ring is 1. The molecule has 0 saturated carbocycles. The molecule has 0 saturated heterocycles. The molecule has 112 valence electrons. The van der Waals surface area contributed by atoms with E-state index in [0.29, 0.717) is 6.42 Å². The summed E-state index contributed by atoms with van der Waals surface area (Å²) in [6.07, 6.45) is 1.35. The van der Waals surface area contributed by atoms with Crippen LogP contribution in [0.15, 0.2) is 32.1 Å². The van der Waals surface area contributed by atoms with Gasteiger partial charge in [0, 0.05) is 0 Å². The molecule has 0 bridgehead atoms. The van der Waals surface area contributed by atoms with Gasteiger partial charge in [-0.05, 0) is 46.4 Å². The van der Waals surface area contributed by atoms with Gasteiger partial charge in [0.15, 0.2) is 11.5 Å². The molecule has 4 rings (SSSR count). The lowest BCUT2D eigenvalue weighted by molar-refractivity contribution is 0.309. The van der Waals surface area contributed by atoms with Gasteiger partial charge in [0.1, 0.15) is 5.82 Å².